The molecule has 0 radical (unpaired) electrons. The van der Waals surface area contributed by atoms with Gasteiger partial charge in [0, 0.05) is 20.1 Å². The molecule has 0 atom stereocenters. The molecule has 0 unspecified atom stereocenters. The maximum absolute atomic E-state index is 9.97. The fraction of sp³-hybridized carbons (Fsp3) is 0.333. The number of benzene rings is 1. The van der Waals surface area contributed by atoms with Crippen LogP contribution in [0.25, 0.3) is 0 Å². The van der Waals surface area contributed by atoms with E-state index in [0.717, 1.165) is 19.0 Å². The summed E-state index contributed by atoms with van der Waals surface area (Å²) >= 11 is 0. The Bertz CT molecular complexity index is 289. The van der Waals surface area contributed by atoms with Gasteiger partial charge in [-0.1, -0.05) is 30.3 Å². The van der Waals surface area contributed by atoms with Crippen molar-refractivity contribution >= 4 is 12.3 Å². The molecule has 1 aromatic rings. The zero-order valence-electron chi connectivity index (χ0n) is 10.2. The average molecular weight is 240 g/mol. The van der Waals surface area contributed by atoms with Crippen molar-refractivity contribution in [1.29, 1.82) is 0 Å². The molecule has 4 N–H and O–H groups in total. The highest BCUT2D eigenvalue weighted by molar-refractivity contribution is 5.71. The fourth-order valence-electron chi connectivity index (χ4n) is 0.885. The standard InChI is InChI=1S/C8H8O.C3H8N2O.CH4O/c9-7-6-8-4-2-1-3-5-8;1-2-5-3(4)6;1-2/h1-5,7H,6H2;2H2,1H3,(H3,4,5,6);2H,1H3. The van der Waals surface area contributed by atoms with Crippen molar-refractivity contribution in [2.75, 3.05) is 13.7 Å². The molecular formula is C12H20N2O3. The third-order valence-electron chi connectivity index (χ3n) is 1.51. The molecule has 17 heavy (non-hydrogen) atoms. The largest absolute Gasteiger partial charge is 0.400 e. The molecule has 0 aromatic heterocycles. The minimum atomic E-state index is -0.461. The molecule has 0 aliphatic heterocycles. The van der Waals surface area contributed by atoms with Gasteiger partial charge < -0.3 is 21.0 Å². The molecule has 5 heteroatoms. The smallest absolute Gasteiger partial charge is 0.312 e. The van der Waals surface area contributed by atoms with Crippen molar-refractivity contribution in [3.05, 3.63) is 35.9 Å². The van der Waals surface area contributed by atoms with Gasteiger partial charge in [0.15, 0.2) is 0 Å². The molecule has 96 valence electrons. The van der Waals surface area contributed by atoms with E-state index in [-0.39, 0.29) is 0 Å². The Labute approximate surface area is 102 Å². The van der Waals surface area contributed by atoms with Gasteiger partial charge in [0.1, 0.15) is 6.29 Å². The Morgan fingerprint density at radius 2 is 1.88 bits per heavy atom. The number of aliphatic hydroxyl groups is 1. The lowest BCUT2D eigenvalue weighted by atomic mass is 10.2. The summed E-state index contributed by atoms with van der Waals surface area (Å²) in [5.41, 5.74) is 5.73. The van der Waals surface area contributed by atoms with Gasteiger partial charge in [-0.25, -0.2) is 4.79 Å². The van der Waals surface area contributed by atoms with E-state index in [4.69, 9.17) is 5.11 Å². The van der Waals surface area contributed by atoms with Gasteiger partial charge in [-0.3, -0.25) is 0 Å². The maximum Gasteiger partial charge on any atom is 0.312 e. The lowest BCUT2D eigenvalue weighted by molar-refractivity contribution is -0.107. The van der Waals surface area contributed by atoms with Crippen LogP contribution in [0.15, 0.2) is 30.3 Å². The Hall–Kier alpha value is -1.88. The molecular weight excluding hydrogens is 220 g/mol. The molecule has 0 aliphatic carbocycles. The summed E-state index contributed by atoms with van der Waals surface area (Å²) in [5, 5.41) is 9.35. The zero-order valence-corrected chi connectivity index (χ0v) is 10.2. The third-order valence-corrected chi connectivity index (χ3v) is 1.51. The van der Waals surface area contributed by atoms with E-state index < -0.39 is 6.03 Å². The van der Waals surface area contributed by atoms with Gasteiger partial charge in [-0.05, 0) is 12.5 Å². The lowest BCUT2D eigenvalue weighted by Crippen LogP contribution is -2.28. The van der Waals surface area contributed by atoms with Crippen molar-refractivity contribution in [3.8, 4) is 0 Å². The van der Waals surface area contributed by atoms with Gasteiger partial charge in [0.2, 0.25) is 0 Å². The monoisotopic (exact) mass is 240 g/mol. The second-order valence-corrected chi connectivity index (χ2v) is 2.75. The zero-order chi connectivity index (χ0) is 13.5. The Kier molecular flexibility index (Phi) is 14.5. The number of aliphatic hydroxyl groups excluding tert-OH is 1. The van der Waals surface area contributed by atoms with Crippen LogP contribution in [0.2, 0.25) is 0 Å². The highest BCUT2D eigenvalue weighted by Crippen LogP contribution is 1.96. The van der Waals surface area contributed by atoms with Crippen LogP contribution in [0, 0.1) is 0 Å². The number of primary amides is 1. The normalized spacial score (nSPS) is 7.71. The van der Waals surface area contributed by atoms with Crippen LogP contribution in [-0.4, -0.2) is 31.1 Å². The molecule has 0 bridgehead atoms. The number of hydrogen-bond acceptors (Lipinski definition) is 3. The highest BCUT2D eigenvalue weighted by atomic mass is 16.2. The molecule has 2 amide bonds. The molecule has 0 saturated carbocycles. The number of aldehydes is 1. The van der Waals surface area contributed by atoms with Crippen LogP contribution >= 0.6 is 0 Å². The number of rotatable bonds is 3. The molecule has 1 rings (SSSR count). The molecule has 0 saturated heterocycles. The molecule has 0 aliphatic rings. The molecule has 0 fully saturated rings. The van der Waals surface area contributed by atoms with Gasteiger partial charge in [0.25, 0.3) is 0 Å². The average Bonchev–Trinajstić information content (AvgIpc) is 2.34. The SMILES string of the molecule is CCNC(N)=O.CO.O=CCc1ccccc1. The van der Waals surface area contributed by atoms with Crippen molar-refractivity contribution in [2.24, 2.45) is 5.73 Å². The first-order valence-electron chi connectivity index (χ1n) is 5.16. The van der Waals surface area contributed by atoms with Crippen LogP contribution in [0.4, 0.5) is 4.79 Å². The highest BCUT2D eigenvalue weighted by Gasteiger charge is 1.84. The number of carbonyl (C=O) groups is 2. The van der Waals surface area contributed by atoms with E-state index in [0.29, 0.717) is 13.0 Å². The van der Waals surface area contributed by atoms with Crippen LogP contribution in [0.3, 0.4) is 0 Å². The van der Waals surface area contributed by atoms with Gasteiger partial charge >= 0.3 is 6.03 Å². The first-order chi connectivity index (χ1) is 8.20. The van der Waals surface area contributed by atoms with Crippen molar-refractivity contribution in [2.45, 2.75) is 13.3 Å². The number of nitrogens with two attached hydrogens (primary N) is 1. The first-order valence-corrected chi connectivity index (χ1v) is 5.16. The maximum atomic E-state index is 9.97. The summed E-state index contributed by atoms with van der Waals surface area (Å²) in [7, 11) is 1.00. The molecule has 1 aromatic carbocycles. The summed E-state index contributed by atoms with van der Waals surface area (Å²) in [6.07, 6.45) is 1.44. The van der Waals surface area contributed by atoms with E-state index >= 15 is 0 Å². The number of amides is 2. The van der Waals surface area contributed by atoms with Gasteiger partial charge in [-0.15, -0.1) is 0 Å². The Balaban J connectivity index is 0. The minimum Gasteiger partial charge on any atom is -0.400 e. The topological polar surface area (TPSA) is 92.4 Å². The predicted octanol–water partition coefficient (Wildman–Crippen LogP) is 0.711. The number of hydrogen-bond donors (Lipinski definition) is 3. The first kappa shape index (κ1) is 17.5. The van der Waals surface area contributed by atoms with Crippen LogP contribution < -0.4 is 11.1 Å². The van der Waals surface area contributed by atoms with E-state index in [1.54, 1.807) is 0 Å². The summed E-state index contributed by atoms with van der Waals surface area (Å²) in [4.78, 5) is 19.7. The van der Waals surface area contributed by atoms with Gasteiger partial charge in [0.05, 0.1) is 0 Å². The quantitative estimate of drug-likeness (QED) is 0.679. The molecule has 0 heterocycles. The van der Waals surface area contributed by atoms with Crippen molar-refractivity contribution in [1.82, 2.24) is 5.32 Å². The summed E-state index contributed by atoms with van der Waals surface area (Å²) in [6.45, 7) is 2.42. The lowest BCUT2D eigenvalue weighted by Gasteiger charge is -1.89. The molecule has 0 spiro atoms. The Morgan fingerprint density at radius 1 is 1.35 bits per heavy atom. The van der Waals surface area contributed by atoms with E-state index in [1.807, 2.05) is 37.3 Å². The van der Waals surface area contributed by atoms with Crippen molar-refractivity contribution < 1.29 is 14.7 Å². The summed E-state index contributed by atoms with van der Waals surface area (Å²) < 4.78 is 0. The van der Waals surface area contributed by atoms with E-state index in [2.05, 4.69) is 11.1 Å². The summed E-state index contributed by atoms with van der Waals surface area (Å²) in [5.74, 6) is 0. The second-order valence-electron chi connectivity index (χ2n) is 2.75. The van der Waals surface area contributed by atoms with E-state index in [1.165, 1.54) is 0 Å². The van der Waals surface area contributed by atoms with Crippen molar-refractivity contribution in [3.63, 3.8) is 0 Å². The summed E-state index contributed by atoms with van der Waals surface area (Å²) in [6, 6.07) is 9.21. The third kappa shape index (κ3) is 14.1. The fourth-order valence-corrected chi connectivity index (χ4v) is 0.885. The minimum absolute atomic E-state index is 0.461. The number of nitrogens with one attached hydrogen (secondary N) is 1. The number of carbonyl (C=O) groups excluding carboxylic acids is 2. The molecule has 5 nitrogen and oxygen atoms in total. The number of urea groups is 1. The van der Waals surface area contributed by atoms with Crippen LogP contribution in [0.5, 0.6) is 0 Å². The van der Waals surface area contributed by atoms with Crippen LogP contribution in [-0.2, 0) is 11.2 Å². The van der Waals surface area contributed by atoms with E-state index in [9.17, 15) is 9.59 Å². The predicted molar refractivity (Wildman–Crippen MR) is 67.6 cm³/mol. The second kappa shape index (κ2) is 14.1. The Morgan fingerprint density at radius 3 is 2.18 bits per heavy atom. The van der Waals surface area contributed by atoms with Crippen LogP contribution in [0.1, 0.15) is 12.5 Å². The van der Waals surface area contributed by atoms with Gasteiger partial charge in [-0.2, -0.15) is 0 Å².